The Bertz CT molecular complexity index is 664. The van der Waals surface area contributed by atoms with E-state index >= 15 is 0 Å². The number of hydrogen-bond donors (Lipinski definition) is 3. The first kappa shape index (κ1) is 16.9. The summed E-state index contributed by atoms with van der Waals surface area (Å²) >= 11 is 5.48. The van der Waals surface area contributed by atoms with Gasteiger partial charge in [0.25, 0.3) is 0 Å². The Kier molecular flexibility index (Phi) is 5.83. The normalized spacial score (nSPS) is 20.4. The average Bonchev–Trinajstić information content (AvgIpc) is 2.60. The zero-order chi connectivity index (χ0) is 16.8. The minimum absolute atomic E-state index is 0.480. The number of rotatable bonds is 4. The lowest BCUT2D eigenvalue weighted by molar-refractivity contribution is -0.918. The number of hydrogen-bond acceptors (Lipinski definition) is 1. The number of likely N-dealkylation sites (tertiary alicyclic amines) is 1. The predicted octanol–water partition coefficient (Wildman–Crippen LogP) is 2.53. The Balaban J connectivity index is 1.43. The van der Waals surface area contributed by atoms with Crippen LogP contribution in [0.5, 0.6) is 0 Å². The van der Waals surface area contributed by atoms with Gasteiger partial charge in [0.1, 0.15) is 6.54 Å². The molecule has 2 aromatic rings. The summed E-state index contributed by atoms with van der Waals surface area (Å²) in [7, 11) is 0. The molecule has 0 aromatic heterocycles. The molecule has 0 bridgehead atoms. The highest BCUT2D eigenvalue weighted by Gasteiger charge is 2.22. The molecule has 0 atom stereocenters. The largest absolute Gasteiger partial charge is 0.359 e. The van der Waals surface area contributed by atoms with Crippen LogP contribution >= 0.6 is 12.2 Å². The van der Waals surface area contributed by atoms with Gasteiger partial charge < -0.3 is 15.5 Å². The first-order chi connectivity index (χ1) is 11.7. The molecule has 1 saturated heterocycles. The zero-order valence-corrected chi connectivity index (χ0v) is 15.0. The fraction of sp³-hybridized carbons (Fsp3) is 0.350. The van der Waals surface area contributed by atoms with Crippen LogP contribution < -0.4 is 15.5 Å². The van der Waals surface area contributed by atoms with Gasteiger partial charge in [-0.2, -0.15) is 0 Å². The van der Waals surface area contributed by atoms with Crippen molar-refractivity contribution in [3.8, 4) is 0 Å². The van der Waals surface area contributed by atoms with E-state index in [1.165, 1.54) is 24.2 Å². The minimum Gasteiger partial charge on any atom is -0.359 e. The lowest BCUT2D eigenvalue weighted by Crippen LogP contribution is -3.12. The zero-order valence-electron chi connectivity index (χ0n) is 14.2. The van der Waals surface area contributed by atoms with E-state index in [2.05, 4.69) is 60.0 Å². The highest BCUT2D eigenvalue weighted by Crippen LogP contribution is 2.13. The second-order valence-corrected chi connectivity index (χ2v) is 7.01. The van der Waals surface area contributed by atoms with Crippen LogP contribution in [0.4, 0.5) is 5.69 Å². The van der Waals surface area contributed by atoms with Crippen molar-refractivity contribution in [2.45, 2.75) is 32.4 Å². The van der Waals surface area contributed by atoms with E-state index in [9.17, 15) is 0 Å². The molecule has 3 N–H and O–H groups in total. The van der Waals surface area contributed by atoms with Gasteiger partial charge in [0.15, 0.2) is 5.11 Å². The SMILES string of the molecule is Cc1ccccc1NC(=S)NC1CC[NH+](Cc2ccccc2)CC1. The molecule has 1 heterocycles. The molecule has 3 rings (SSSR count). The van der Waals surface area contributed by atoms with Crippen molar-refractivity contribution >= 4 is 23.0 Å². The standard InChI is InChI=1S/C20H25N3S/c1-16-7-5-6-10-19(16)22-20(24)21-18-11-13-23(14-12-18)15-17-8-3-2-4-9-17/h2-10,18H,11-15H2,1H3,(H2,21,22,24)/p+1. The maximum atomic E-state index is 5.48. The van der Waals surface area contributed by atoms with Crippen molar-refractivity contribution in [3.63, 3.8) is 0 Å². The first-order valence-electron chi connectivity index (χ1n) is 8.71. The smallest absolute Gasteiger partial charge is 0.171 e. The summed E-state index contributed by atoms with van der Waals surface area (Å²) in [5.41, 5.74) is 3.72. The van der Waals surface area contributed by atoms with Crippen LogP contribution in [-0.4, -0.2) is 24.2 Å². The van der Waals surface area contributed by atoms with E-state index in [1.807, 2.05) is 12.1 Å². The fourth-order valence-corrected chi connectivity index (χ4v) is 3.57. The molecular weight excluding hydrogens is 314 g/mol. The van der Waals surface area contributed by atoms with Gasteiger partial charge in [0.05, 0.1) is 13.1 Å². The van der Waals surface area contributed by atoms with Crippen molar-refractivity contribution in [1.29, 1.82) is 0 Å². The van der Waals surface area contributed by atoms with E-state index < -0.39 is 0 Å². The van der Waals surface area contributed by atoms with Crippen molar-refractivity contribution in [2.75, 3.05) is 18.4 Å². The maximum absolute atomic E-state index is 5.48. The molecule has 4 heteroatoms. The van der Waals surface area contributed by atoms with E-state index in [1.54, 1.807) is 4.90 Å². The van der Waals surface area contributed by atoms with Crippen LogP contribution in [0.3, 0.4) is 0 Å². The van der Waals surface area contributed by atoms with Gasteiger partial charge in [0.2, 0.25) is 0 Å². The lowest BCUT2D eigenvalue weighted by atomic mass is 10.0. The van der Waals surface area contributed by atoms with E-state index in [0.717, 1.165) is 30.2 Å². The van der Waals surface area contributed by atoms with E-state index in [4.69, 9.17) is 12.2 Å². The number of quaternary nitrogens is 1. The lowest BCUT2D eigenvalue weighted by Gasteiger charge is -2.30. The van der Waals surface area contributed by atoms with Crippen LogP contribution in [-0.2, 0) is 6.54 Å². The van der Waals surface area contributed by atoms with Crippen molar-refractivity contribution in [3.05, 3.63) is 65.7 Å². The highest BCUT2D eigenvalue weighted by molar-refractivity contribution is 7.80. The summed E-state index contributed by atoms with van der Waals surface area (Å²) in [6.45, 7) is 5.61. The Morgan fingerprint density at radius 2 is 1.71 bits per heavy atom. The van der Waals surface area contributed by atoms with Gasteiger partial charge in [-0.25, -0.2) is 0 Å². The molecule has 0 amide bonds. The van der Waals surface area contributed by atoms with Gasteiger partial charge in [0, 0.05) is 30.1 Å². The van der Waals surface area contributed by atoms with Crippen LogP contribution in [0, 0.1) is 6.92 Å². The van der Waals surface area contributed by atoms with Crippen LogP contribution in [0.15, 0.2) is 54.6 Å². The van der Waals surface area contributed by atoms with E-state index in [0.29, 0.717) is 6.04 Å². The number of thiocarbonyl (C=S) groups is 1. The molecule has 0 spiro atoms. The molecule has 1 aliphatic heterocycles. The Morgan fingerprint density at radius 1 is 1.04 bits per heavy atom. The van der Waals surface area contributed by atoms with Crippen molar-refractivity contribution in [2.24, 2.45) is 0 Å². The molecule has 0 aliphatic carbocycles. The molecule has 2 aromatic carbocycles. The summed E-state index contributed by atoms with van der Waals surface area (Å²) in [5, 5.41) is 7.54. The van der Waals surface area contributed by atoms with E-state index in [-0.39, 0.29) is 0 Å². The summed E-state index contributed by atoms with van der Waals surface area (Å²) < 4.78 is 0. The average molecular weight is 341 g/mol. The fourth-order valence-electron chi connectivity index (χ4n) is 3.29. The Hall–Kier alpha value is -1.91. The monoisotopic (exact) mass is 340 g/mol. The van der Waals surface area contributed by atoms with Crippen LogP contribution in [0.25, 0.3) is 0 Å². The molecule has 0 unspecified atom stereocenters. The number of benzene rings is 2. The Labute approximate surface area is 150 Å². The van der Waals surface area contributed by atoms with Gasteiger partial charge in [-0.1, -0.05) is 48.5 Å². The van der Waals surface area contributed by atoms with Crippen LogP contribution in [0.2, 0.25) is 0 Å². The predicted molar refractivity (Wildman–Crippen MR) is 104 cm³/mol. The molecule has 24 heavy (non-hydrogen) atoms. The molecule has 1 fully saturated rings. The van der Waals surface area contributed by atoms with Crippen molar-refractivity contribution < 1.29 is 4.90 Å². The van der Waals surface area contributed by atoms with Gasteiger partial charge in [-0.05, 0) is 30.8 Å². The summed E-state index contributed by atoms with van der Waals surface area (Å²) in [4.78, 5) is 1.66. The second kappa shape index (κ2) is 8.27. The van der Waals surface area contributed by atoms with Gasteiger partial charge in [-0.15, -0.1) is 0 Å². The molecule has 126 valence electrons. The molecule has 0 radical (unpaired) electrons. The quantitative estimate of drug-likeness (QED) is 0.747. The third kappa shape index (κ3) is 4.79. The molecule has 3 nitrogen and oxygen atoms in total. The Morgan fingerprint density at radius 3 is 2.42 bits per heavy atom. The number of nitrogens with one attached hydrogen (secondary N) is 3. The maximum Gasteiger partial charge on any atom is 0.171 e. The van der Waals surface area contributed by atoms with Crippen molar-refractivity contribution in [1.82, 2.24) is 5.32 Å². The topological polar surface area (TPSA) is 28.5 Å². The third-order valence-electron chi connectivity index (χ3n) is 4.72. The molecule has 1 aliphatic rings. The minimum atomic E-state index is 0.480. The first-order valence-corrected chi connectivity index (χ1v) is 9.12. The van der Waals surface area contributed by atoms with Gasteiger partial charge >= 0.3 is 0 Å². The second-order valence-electron chi connectivity index (χ2n) is 6.60. The number of piperidine rings is 1. The van der Waals surface area contributed by atoms with Gasteiger partial charge in [-0.3, -0.25) is 0 Å². The summed E-state index contributed by atoms with van der Waals surface area (Å²) in [6.07, 6.45) is 2.33. The third-order valence-corrected chi connectivity index (χ3v) is 4.94. The number of para-hydroxylation sites is 1. The number of aryl methyl sites for hydroxylation is 1. The highest BCUT2D eigenvalue weighted by atomic mass is 32.1. The summed E-state index contributed by atoms with van der Waals surface area (Å²) in [6, 6.07) is 19.5. The molecular formula is C20H26N3S+. The summed E-state index contributed by atoms with van der Waals surface area (Å²) in [5.74, 6) is 0. The van der Waals surface area contributed by atoms with Crippen LogP contribution in [0.1, 0.15) is 24.0 Å². The molecule has 0 saturated carbocycles. The number of anilines is 1.